The minimum atomic E-state index is -0.214. The highest BCUT2D eigenvalue weighted by Gasteiger charge is 2.27. The zero-order valence-corrected chi connectivity index (χ0v) is 21.6. The van der Waals surface area contributed by atoms with Gasteiger partial charge in [-0.3, -0.25) is 4.79 Å². The Hall–Kier alpha value is -2.12. The van der Waals surface area contributed by atoms with E-state index in [-0.39, 0.29) is 11.4 Å². The zero-order valence-electron chi connectivity index (χ0n) is 17.7. The number of ether oxygens (including phenoxy) is 1. The van der Waals surface area contributed by atoms with E-state index in [0.29, 0.717) is 27.3 Å². The Labute approximate surface area is 215 Å². The monoisotopic (exact) mass is 562 g/mol. The Morgan fingerprint density at radius 2 is 1.82 bits per heavy atom. The molecule has 0 unspecified atom stereocenters. The average Bonchev–Trinajstić information content (AvgIpc) is 3.14. The van der Waals surface area contributed by atoms with Crippen LogP contribution in [-0.4, -0.2) is 11.4 Å². The Morgan fingerprint density at radius 1 is 1.06 bits per heavy atom. The molecule has 3 aromatic carbocycles. The van der Waals surface area contributed by atoms with Crippen LogP contribution in [0.4, 0.5) is 5.69 Å². The van der Waals surface area contributed by atoms with Crippen LogP contribution in [0.25, 0.3) is 6.08 Å². The van der Waals surface area contributed by atoms with Gasteiger partial charge in [0.15, 0.2) is 5.50 Å². The lowest BCUT2D eigenvalue weighted by atomic mass is 10.1. The molecule has 33 heavy (non-hydrogen) atoms. The predicted octanol–water partition coefficient (Wildman–Crippen LogP) is 7.50. The average molecular weight is 564 g/mol. The summed E-state index contributed by atoms with van der Waals surface area (Å²) in [5.74, 6) is 0.598. The summed E-state index contributed by atoms with van der Waals surface area (Å²) in [4.78, 5) is 13.1. The Kier molecular flexibility index (Phi) is 7.91. The molecule has 1 heterocycles. The quantitative estimate of drug-likeness (QED) is 0.292. The lowest BCUT2D eigenvalue weighted by Gasteiger charge is -2.12. The van der Waals surface area contributed by atoms with Crippen LogP contribution >= 0.6 is 50.9 Å². The molecule has 0 aromatic heterocycles. The largest absolute Gasteiger partial charge is 0.488 e. The normalized spacial score (nSPS) is 16.7. The van der Waals surface area contributed by atoms with Crippen molar-refractivity contribution in [2.45, 2.75) is 25.4 Å². The summed E-state index contributed by atoms with van der Waals surface area (Å²) in [6.07, 6.45) is 2.87. The van der Waals surface area contributed by atoms with Crippen molar-refractivity contribution >= 4 is 68.6 Å². The first-order valence-corrected chi connectivity index (χ1v) is 12.7. The summed E-state index contributed by atoms with van der Waals surface area (Å²) in [6, 6.07) is 19.4. The number of amides is 1. The number of hydrogen-bond acceptors (Lipinski definition) is 4. The van der Waals surface area contributed by atoms with Gasteiger partial charge in [0.05, 0.1) is 19.4 Å². The number of aryl methyl sites for hydroxylation is 1. The lowest BCUT2D eigenvalue weighted by molar-refractivity contribution is -0.116. The number of thioether (sulfide) groups is 1. The van der Waals surface area contributed by atoms with E-state index in [2.05, 4.69) is 45.6 Å². The lowest BCUT2D eigenvalue weighted by Crippen LogP contribution is -2.30. The van der Waals surface area contributed by atoms with E-state index in [0.717, 1.165) is 27.7 Å². The SMILES string of the molecule is CCc1ccc(N[C@@H]2NC(=O)/C(=C/c3ccc(OCc4ccc(Cl)c(Cl)c4)c(Br)c3)S2)cc1. The van der Waals surface area contributed by atoms with Crippen LogP contribution in [0.15, 0.2) is 70.0 Å². The number of anilines is 1. The van der Waals surface area contributed by atoms with Crippen molar-refractivity contribution in [3.05, 3.63) is 96.8 Å². The standard InChI is InChI=1S/C25H21BrCl2N2O2S/c1-2-15-3-7-18(8-4-15)29-25-30-24(31)23(33-25)13-16-6-10-22(19(26)11-16)32-14-17-5-9-20(27)21(28)12-17/h3-13,25,29H,2,14H2,1H3,(H,30,31)/b23-13-/t25-/m1/s1. The second-order valence-corrected chi connectivity index (χ2v) is 10.2. The first kappa shape index (κ1) is 24.0. The molecule has 8 heteroatoms. The number of rotatable bonds is 7. The molecule has 1 aliphatic heterocycles. The van der Waals surface area contributed by atoms with Gasteiger partial charge >= 0.3 is 0 Å². The van der Waals surface area contributed by atoms with E-state index >= 15 is 0 Å². The highest BCUT2D eigenvalue weighted by molar-refractivity contribution is 9.10. The van der Waals surface area contributed by atoms with Gasteiger partial charge in [0, 0.05) is 5.69 Å². The number of benzene rings is 3. The molecule has 1 amide bonds. The summed E-state index contributed by atoms with van der Waals surface area (Å²) in [7, 11) is 0. The van der Waals surface area contributed by atoms with Crippen molar-refractivity contribution < 1.29 is 9.53 Å². The van der Waals surface area contributed by atoms with Gasteiger partial charge in [0.25, 0.3) is 5.91 Å². The number of carbonyl (C=O) groups excluding carboxylic acids is 1. The smallest absolute Gasteiger partial charge is 0.260 e. The fourth-order valence-electron chi connectivity index (χ4n) is 3.22. The van der Waals surface area contributed by atoms with Crippen molar-refractivity contribution in [3.8, 4) is 5.75 Å². The predicted molar refractivity (Wildman–Crippen MR) is 142 cm³/mol. The van der Waals surface area contributed by atoms with E-state index in [1.807, 2.05) is 42.5 Å². The van der Waals surface area contributed by atoms with Crippen molar-refractivity contribution in [2.75, 3.05) is 5.32 Å². The van der Waals surface area contributed by atoms with Gasteiger partial charge < -0.3 is 15.4 Å². The molecule has 1 fully saturated rings. The van der Waals surface area contributed by atoms with Crippen LogP contribution < -0.4 is 15.4 Å². The van der Waals surface area contributed by atoms with E-state index in [9.17, 15) is 4.79 Å². The van der Waals surface area contributed by atoms with Gasteiger partial charge in [-0.15, -0.1) is 0 Å². The van der Waals surface area contributed by atoms with E-state index in [4.69, 9.17) is 27.9 Å². The van der Waals surface area contributed by atoms with Gasteiger partial charge in [0.2, 0.25) is 0 Å². The zero-order chi connectivity index (χ0) is 23.4. The fraction of sp³-hybridized carbons (Fsp3) is 0.160. The van der Waals surface area contributed by atoms with Gasteiger partial charge in [-0.1, -0.05) is 66.2 Å². The molecule has 1 saturated heterocycles. The van der Waals surface area contributed by atoms with Gasteiger partial charge in [-0.05, 0) is 81.5 Å². The number of carbonyl (C=O) groups is 1. The van der Waals surface area contributed by atoms with Crippen LogP contribution in [0.5, 0.6) is 5.75 Å². The maximum Gasteiger partial charge on any atom is 0.260 e. The molecule has 3 aromatic rings. The van der Waals surface area contributed by atoms with Gasteiger partial charge in [-0.2, -0.15) is 0 Å². The summed E-state index contributed by atoms with van der Waals surface area (Å²) in [5, 5.41) is 7.31. The summed E-state index contributed by atoms with van der Waals surface area (Å²) in [6.45, 7) is 2.49. The fourth-order valence-corrected chi connectivity index (χ4v) is 5.04. The molecule has 0 aliphatic carbocycles. The van der Waals surface area contributed by atoms with Crippen molar-refractivity contribution in [1.29, 1.82) is 0 Å². The highest BCUT2D eigenvalue weighted by atomic mass is 79.9. The molecular weight excluding hydrogens is 543 g/mol. The Morgan fingerprint density at radius 3 is 2.52 bits per heavy atom. The highest BCUT2D eigenvalue weighted by Crippen LogP contribution is 2.33. The second kappa shape index (κ2) is 10.9. The van der Waals surface area contributed by atoms with Crippen LogP contribution in [0, 0.1) is 0 Å². The molecule has 0 radical (unpaired) electrons. The van der Waals surface area contributed by atoms with Crippen molar-refractivity contribution in [2.24, 2.45) is 0 Å². The molecular formula is C25H21BrCl2N2O2S. The summed E-state index contributed by atoms with van der Waals surface area (Å²) >= 11 is 17.0. The molecule has 1 aliphatic rings. The summed E-state index contributed by atoms with van der Waals surface area (Å²) < 4.78 is 6.70. The Balaban J connectivity index is 1.39. The third kappa shape index (κ3) is 6.27. The maximum atomic E-state index is 12.4. The molecule has 4 nitrogen and oxygen atoms in total. The Bertz CT molecular complexity index is 1200. The minimum Gasteiger partial charge on any atom is -0.488 e. The summed E-state index contributed by atoms with van der Waals surface area (Å²) in [5.41, 5.74) is 3.85. The first-order chi connectivity index (χ1) is 15.9. The number of halogens is 3. The first-order valence-electron chi connectivity index (χ1n) is 10.3. The molecule has 1 atom stereocenters. The van der Waals surface area contributed by atoms with Gasteiger partial charge in [0.1, 0.15) is 12.4 Å². The third-order valence-corrected chi connectivity index (χ3v) is 7.41. The molecule has 4 rings (SSSR count). The van der Waals surface area contributed by atoms with Crippen LogP contribution in [-0.2, 0) is 17.8 Å². The third-order valence-electron chi connectivity index (χ3n) is 5.02. The second-order valence-electron chi connectivity index (χ2n) is 7.40. The van der Waals surface area contributed by atoms with Crippen molar-refractivity contribution in [3.63, 3.8) is 0 Å². The minimum absolute atomic E-state index is 0.0984. The van der Waals surface area contributed by atoms with Crippen LogP contribution in [0.3, 0.4) is 0 Å². The van der Waals surface area contributed by atoms with Gasteiger partial charge in [-0.25, -0.2) is 0 Å². The van der Waals surface area contributed by atoms with E-state index in [1.54, 1.807) is 12.1 Å². The molecule has 0 saturated carbocycles. The van der Waals surface area contributed by atoms with Crippen molar-refractivity contribution in [1.82, 2.24) is 5.32 Å². The van der Waals surface area contributed by atoms with E-state index < -0.39 is 0 Å². The maximum absolute atomic E-state index is 12.4. The molecule has 0 bridgehead atoms. The topological polar surface area (TPSA) is 50.4 Å². The van der Waals surface area contributed by atoms with E-state index in [1.165, 1.54) is 17.3 Å². The molecule has 170 valence electrons. The number of nitrogens with one attached hydrogen (secondary N) is 2. The van der Waals surface area contributed by atoms with Crippen LogP contribution in [0.1, 0.15) is 23.6 Å². The van der Waals surface area contributed by atoms with Crippen LogP contribution in [0.2, 0.25) is 10.0 Å². The molecule has 0 spiro atoms. The molecule has 2 N–H and O–H groups in total. The number of hydrogen-bond donors (Lipinski definition) is 2.